The van der Waals surface area contributed by atoms with Gasteiger partial charge in [-0.25, -0.2) is 4.99 Å². The second kappa shape index (κ2) is 4.31. The van der Waals surface area contributed by atoms with E-state index in [1.54, 1.807) is 6.20 Å². The van der Waals surface area contributed by atoms with E-state index in [9.17, 15) is 0 Å². The summed E-state index contributed by atoms with van der Waals surface area (Å²) in [6.45, 7) is 4.96. The number of nitrogens with zero attached hydrogens (tertiary/aromatic N) is 2. The lowest BCUT2D eigenvalue weighted by atomic mass is 10.1. The fourth-order valence-corrected chi connectivity index (χ4v) is 1.83. The van der Waals surface area contributed by atoms with Gasteiger partial charge in [-0.05, 0) is 34.0 Å². The van der Waals surface area contributed by atoms with Crippen molar-refractivity contribution in [1.82, 2.24) is 4.98 Å². The first-order valence-corrected chi connectivity index (χ1v) is 5.79. The molecule has 15 heavy (non-hydrogen) atoms. The minimum absolute atomic E-state index is 0.258. The predicted molar refractivity (Wildman–Crippen MR) is 63.1 cm³/mol. The summed E-state index contributed by atoms with van der Waals surface area (Å²) in [7, 11) is 0. The van der Waals surface area contributed by atoms with Crippen LogP contribution in [0.3, 0.4) is 0 Å². The highest BCUT2D eigenvalue weighted by Gasteiger charge is 2.24. The molecule has 2 heterocycles. The van der Waals surface area contributed by atoms with E-state index in [4.69, 9.17) is 4.74 Å². The Kier molecular flexibility index (Phi) is 3.05. The third-order valence-electron chi connectivity index (χ3n) is 2.40. The van der Waals surface area contributed by atoms with Crippen LogP contribution in [-0.4, -0.2) is 23.5 Å². The number of hydrogen-bond donors (Lipinski definition) is 0. The number of rotatable bonds is 2. The molecule has 1 aliphatic heterocycles. The van der Waals surface area contributed by atoms with Crippen molar-refractivity contribution < 1.29 is 4.74 Å². The molecule has 1 atom stereocenters. The molecular weight excluding hydrogens is 256 g/mol. The third kappa shape index (κ3) is 2.20. The fourth-order valence-electron chi connectivity index (χ4n) is 1.40. The lowest BCUT2D eigenvalue weighted by Gasteiger charge is -2.06. The highest BCUT2D eigenvalue weighted by molar-refractivity contribution is 9.10. The van der Waals surface area contributed by atoms with Crippen LogP contribution in [0.4, 0.5) is 0 Å². The summed E-state index contributed by atoms with van der Waals surface area (Å²) >= 11 is 3.44. The zero-order valence-corrected chi connectivity index (χ0v) is 10.4. The van der Waals surface area contributed by atoms with Crippen molar-refractivity contribution in [3.05, 3.63) is 28.5 Å². The van der Waals surface area contributed by atoms with Crippen LogP contribution in [0.25, 0.3) is 0 Å². The maximum Gasteiger partial charge on any atom is 0.236 e. The monoisotopic (exact) mass is 268 g/mol. The molecule has 1 aromatic heterocycles. The Morgan fingerprint density at radius 2 is 2.33 bits per heavy atom. The molecule has 3 nitrogen and oxygen atoms in total. The Bertz CT molecular complexity index is 390. The van der Waals surface area contributed by atoms with Gasteiger partial charge in [-0.2, -0.15) is 0 Å². The van der Waals surface area contributed by atoms with Crippen LogP contribution in [0.15, 0.2) is 27.8 Å². The minimum atomic E-state index is 0.258. The zero-order valence-electron chi connectivity index (χ0n) is 8.77. The van der Waals surface area contributed by atoms with E-state index in [0.29, 0.717) is 18.4 Å². The van der Waals surface area contributed by atoms with Crippen molar-refractivity contribution in [3.63, 3.8) is 0 Å². The molecule has 0 saturated heterocycles. The van der Waals surface area contributed by atoms with Gasteiger partial charge < -0.3 is 4.74 Å². The van der Waals surface area contributed by atoms with Gasteiger partial charge >= 0.3 is 0 Å². The maximum atomic E-state index is 5.55. The molecule has 0 aliphatic carbocycles. The standard InChI is InChI=1S/C11H13BrN2O/c1-7(2)9-6-15-11(14-9)10-8(12)4-3-5-13-10/h3-5,7,9H,6H2,1-2H3/t9-/m0/s1. The smallest absolute Gasteiger partial charge is 0.236 e. The Morgan fingerprint density at radius 3 is 2.93 bits per heavy atom. The van der Waals surface area contributed by atoms with Crippen molar-refractivity contribution in [1.29, 1.82) is 0 Å². The largest absolute Gasteiger partial charge is 0.474 e. The Labute approximate surface area is 97.7 Å². The SMILES string of the molecule is CC(C)[C@@H]1COC(c2ncccc2Br)=N1. The number of aliphatic imine (C=N–C) groups is 1. The van der Waals surface area contributed by atoms with E-state index in [0.717, 1.165) is 10.2 Å². The van der Waals surface area contributed by atoms with Crippen LogP contribution >= 0.6 is 15.9 Å². The molecule has 0 aromatic carbocycles. The summed E-state index contributed by atoms with van der Waals surface area (Å²) in [5, 5.41) is 0. The van der Waals surface area contributed by atoms with Crippen molar-refractivity contribution in [3.8, 4) is 0 Å². The Morgan fingerprint density at radius 1 is 1.53 bits per heavy atom. The second-order valence-electron chi connectivity index (χ2n) is 3.89. The van der Waals surface area contributed by atoms with Gasteiger partial charge in [0.15, 0.2) is 0 Å². The van der Waals surface area contributed by atoms with Crippen LogP contribution in [0.5, 0.6) is 0 Å². The van der Waals surface area contributed by atoms with Crippen molar-refractivity contribution in [2.45, 2.75) is 19.9 Å². The molecule has 0 saturated carbocycles. The average Bonchev–Trinajstić information content (AvgIpc) is 2.67. The van der Waals surface area contributed by atoms with Crippen molar-refractivity contribution in [2.75, 3.05) is 6.61 Å². The number of pyridine rings is 1. The molecule has 1 aromatic rings. The highest BCUT2D eigenvalue weighted by Crippen LogP contribution is 2.21. The van der Waals surface area contributed by atoms with Gasteiger partial charge in [0.2, 0.25) is 5.90 Å². The Balaban J connectivity index is 2.27. The Hall–Kier alpha value is -0.900. The van der Waals surface area contributed by atoms with Crippen molar-refractivity contribution >= 4 is 21.8 Å². The highest BCUT2D eigenvalue weighted by atomic mass is 79.9. The van der Waals surface area contributed by atoms with Gasteiger partial charge in [0.25, 0.3) is 0 Å². The first kappa shape index (κ1) is 10.6. The van der Waals surface area contributed by atoms with E-state index in [-0.39, 0.29) is 6.04 Å². The summed E-state index contributed by atoms with van der Waals surface area (Å²) in [6.07, 6.45) is 1.74. The van der Waals surface area contributed by atoms with Crippen LogP contribution < -0.4 is 0 Å². The molecule has 0 radical (unpaired) electrons. The first-order chi connectivity index (χ1) is 7.18. The van der Waals surface area contributed by atoms with Crippen LogP contribution in [0.1, 0.15) is 19.5 Å². The fraction of sp³-hybridized carbons (Fsp3) is 0.455. The molecule has 80 valence electrons. The molecule has 0 amide bonds. The number of ether oxygens (including phenoxy) is 1. The van der Waals surface area contributed by atoms with E-state index in [1.165, 1.54) is 0 Å². The molecule has 1 aliphatic rings. The van der Waals surface area contributed by atoms with Gasteiger partial charge in [-0.1, -0.05) is 13.8 Å². The van der Waals surface area contributed by atoms with Gasteiger partial charge in [-0.15, -0.1) is 0 Å². The van der Waals surface area contributed by atoms with Crippen LogP contribution in [0, 0.1) is 5.92 Å². The number of halogens is 1. The van der Waals surface area contributed by atoms with Gasteiger partial charge in [0, 0.05) is 10.7 Å². The summed E-state index contributed by atoms with van der Waals surface area (Å²) in [5.41, 5.74) is 0.792. The molecule has 2 rings (SSSR count). The second-order valence-corrected chi connectivity index (χ2v) is 4.74. The van der Waals surface area contributed by atoms with E-state index >= 15 is 0 Å². The quantitative estimate of drug-likeness (QED) is 0.827. The molecule has 4 heteroatoms. The minimum Gasteiger partial charge on any atom is -0.474 e. The number of aromatic nitrogens is 1. The molecule has 0 unspecified atom stereocenters. The molecule has 0 spiro atoms. The first-order valence-electron chi connectivity index (χ1n) is 5.00. The summed E-state index contributed by atoms with van der Waals surface area (Å²) < 4.78 is 6.48. The van der Waals surface area contributed by atoms with Crippen LogP contribution in [-0.2, 0) is 4.74 Å². The van der Waals surface area contributed by atoms with E-state index in [1.807, 2.05) is 12.1 Å². The molecule has 0 N–H and O–H groups in total. The van der Waals surface area contributed by atoms with Gasteiger partial charge in [-0.3, -0.25) is 4.98 Å². The third-order valence-corrected chi connectivity index (χ3v) is 3.04. The molecule has 0 bridgehead atoms. The summed E-state index contributed by atoms with van der Waals surface area (Å²) in [6, 6.07) is 4.08. The van der Waals surface area contributed by atoms with Crippen LogP contribution in [0.2, 0.25) is 0 Å². The summed E-state index contributed by atoms with van der Waals surface area (Å²) in [5.74, 6) is 1.16. The lowest BCUT2D eigenvalue weighted by molar-refractivity contribution is 0.291. The molecular formula is C11H13BrN2O. The normalized spacial score (nSPS) is 20.3. The molecule has 0 fully saturated rings. The predicted octanol–water partition coefficient (Wildman–Crippen LogP) is 2.65. The average molecular weight is 269 g/mol. The maximum absolute atomic E-state index is 5.55. The lowest BCUT2D eigenvalue weighted by Crippen LogP contribution is -2.13. The van der Waals surface area contributed by atoms with Crippen molar-refractivity contribution in [2.24, 2.45) is 10.9 Å². The topological polar surface area (TPSA) is 34.5 Å². The van der Waals surface area contributed by atoms with E-state index in [2.05, 4.69) is 39.8 Å². The number of hydrogen-bond acceptors (Lipinski definition) is 3. The summed E-state index contributed by atoms with van der Waals surface area (Å²) in [4.78, 5) is 8.77. The van der Waals surface area contributed by atoms with E-state index < -0.39 is 0 Å². The van der Waals surface area contributed by atoms with Gasteiger partial charge in [0.05, 0.1) is 6.04 Å². The zero-order chi connectivity index (χ0) is 10.8. The van der Waals surface area contributed by atoms with Gasteiger partial charge in [0.1, 0.15) is 12.3 Å².